The molecule has 0 saturated heterocycles. The Labute approximate surface area is 171 Å². The first-order chi connectivity index (χ1) is 13.2. The minimum atomic E-state index is -6.41. The Bertz CT molecular complexity index is 743. The van der Waals surface area contributed by atoms with Crippen molar-refractivity contribution >= 4 is 20.2 Å². The Morgan fingerprint density at radius 1 is 0.562 bits per heavy atom. The van der Waals surface area contributed by atoms with E-state index in [-0.39, 0.29) is 0 Å². The SMILES string of the molecule is CC(F)(C(F)(F)C(F)(F)F)S(=O)(=O)O.CC(F)(C(F)(F)C(F)(F)F)S(=O)(=O)O.CC(O)O. The van der Waals surface area contributed by atoms with E-state index < -0.39 is 74.6 Å². The molecule has 2 atom stereocenters. The molecule has 0 spiro atoms. The van der Waals surface area contributed by atoms with Gasteiger partial charge >= 0.3 is 54.4 Å². The van der Waals surface area contributed by atoms with Gasteiger partial charge in [-0.2, -0.15) is 60.7 Å². The summed E-state index contributed by atoms with van der Waals surface area (Å²) < 4.78 is 198. The van der Waals surface area contributed by atoms with Crippen LogP contribution in [0.2, 0.25) is 0 Å². The summed E-state index contributed by atoms with van der Waals surface area (Å²) >= 11 is 0. The van der Waals surface area contributed by atoms with Crippen LogP contribution in [-0.4, -0.2) is 76.6 Å². The highest BCUT2D eigenvalue weighted by Gasteiger charge is 2.75. The van der Waals surface area contributed by atoms with Gasteiger partial charge in [0.15, 0.2) is 0 Å². The van der Waals surface area contributed by atoms with Crippen molar-refractivity contribution in [3.05, 3.63) is 0 Å². The van der Waals surface area contributed by atoms with Crippen LogP contribution in [0.1, 0.15) is 20.8 Å². The molecule has 0 saturated carbocycles. The molecule has 0 radical (unpaired) electrons. The first kappa shape index (κ1) is 35.5. The summed E-state index contributed by atoms with van der Waals surface area (Å²) in [6.07, 6.45) is -14.0. The third-order valence-electron chi connectivity index (χ3n) is 2.80. The van der Waals surface area contributed by atoms with E-state index >= 15 is 0 Å². The Morgan fingerprint density at radius 3 is 0.719 bits per heavy atom. The van der Waals surface area contributed by atoms with Gasteiger partial charge in [-0.1, -0.05) is 0 Å². The van der Waals surface area contributed by atoms with Crippen molar-refractivity contribution in [2.75, 3.05) is 0 Å². The molecule has 0 heterocycles. The van der Waals surface area contributed by atoms with Crippen LogP contribution in [0.4, 0.5) is 52.7 Å². The summed E-state index contributed by atoms with van der Waals surface area (Å²) in [5, 5.41) is 5.00. The van der Waals surface area contributed by atoms with Crippen molar-refractivity contribution in [2.45, 2.75) is 61.3 Å². The first-order valence-corrected chi connectivity index (χ1v) is 9.68. The predicted octanol–water partition coefficient (Wildman–Crippen LogP) is 2.83. The van der Waals surface area contributed by atoms with Gasteiger partial charge in [0.25, 0.3) is 0 Å². The van der Waals surface area contributed by atoms with Crippen LogP contribution < -0.4 is 0 Å². The fourth-order valence-electron chi connectivity index (χ4n) is 0.830. The Kier molecular flexibility index (Phi) is 11.1. The van der Waals surface area contributed by atoms with Crippen LogP contribution >= 0.6 is 0 Å². The average molecular weight is 554 g/mol. The van der Waals surface area contributed by atoms with Gasteiger partial charge in [-0.05, 0) is 20.8 Å². The van der Waals surface area contributed by atoms with Crippen LogP contribution in [0.5, 0.6) is 0 Å². The fourth-order valence-corrected chi connectivity index (χ4v) is 1.71. The summed E-state index contributed by atoms with van der Waals surface area (Å²) in [4.78, 5) is 0. The summed E-state index contributed by atoms with van der Waals surface area (Å²) in [5.74, 6) is -12.4. The van der Waals surface area contributed by atoms with Gasteiger partial charge in [0.05, 0.1) is 0 Å². The lowest BCUT2D eigenvalue weighted by molar-refractivity contribution is -0.309. The highest BCUT2D eigenvalue weighted by Crippen LogP contribution is 2.48. The summed E-state index contributed by atoms with van der Waals surface area (Å²) in [6, 6.07) is 0. The molecular weight excluding hydrogens is 540 g/mol. The van der Waals surface area contributed by atoms with E-state index in [0.29, 0.717) is 0 Å². The molecule has 0 amide bonds. The molecule has 0 aromatic heterocycles. The molecule has 4 N–H and O–H groups in total. The molecular formula is C10H14F12O8S2. The van der Waals surface area contributed by atoms with Crippen LogP contribution in [0.3, 0.4) is 0 Å². The van der Waals surface area contributed by atoms with E-state index in [1.807, 2.05) is 0 Å². The van der Waals surface area contributed by atoms with Gasteiger partial charge < -0.3 is 10.2 Å². The summed E-state index contributed by atoms with van der Waals surface area (Å²) in [7, 11) is -12.4. The molecule has 0 aromatic rings. The Morgan fingerprint density at radius 2 is 0.688 bits per heavy atom. The standard InChI is InChI=1S/2C4H4F6O3S.C2H6O2/c2*1-2(5,14(11,12)13)3(6,7)4(8,9)10;1-2(3)4/h2*1H3,(H,11,12,13);2-4H,1H3. The minimum Gasteiger partial charge on any atom is -0.368 e. The summed E-state index contributed by atoms with van der Waals surface area (Å²) in [6.45, 7) is 0.131. The number of aliphatic hydroxyl groups is 2. The van der Waals surface area contributed by atoms with Gasteiger partial charge in [-0.3, -0.25) is 9.11 Å². The van der Waals surface area contributed by atoms with Crippen molar-refractivity contribution in [1.29, 1.82) is 0 Å². The van der Waals surface area contributed by atoms with Gasteiger partial charge in [-0.25, -0.2) is 8.78 Å². The normalized spacial score (nSPS) is 17.9. The molecule has 32 heavy (non-hydrogen) atoms. The van der Waals surface area contributed by atoms with Crippen LogP contribution in [0.15, 0.2) is 0 Å². The Hall–Kier alpha value is -1.10. The molecule has 198 valence electrons. The Balaban J connectivity index is -0.000000450. The number of aliphatic hydroxyl groups excluding tert-OH is 1. The predicted molar refractivity (Wildman–Crippen MR) is 78.0 cm³/mol. The molecule has 0 fully saturated rings. The number of hydrogen-bond acceptors (Lipinski definition) is 6. The summed E-state index contributed by atoms with van der Waals surface area (Å²) in [5.41, 5.74) is 0. The topological polar surface area (TPSA) is 149 Å². The first-order valence-electron chi connectivity index (χ1n) is 6.80. The zero-order valence-corrected chi connectivity index (χ0v) is 17.0. The number of alkyl halides is 12. The molecule has 0 rings (SSSR count). The second kappa shape index (κ2) is 10.0. The largest absolute Gasteiger partial charge is 0.458 e. The maximum Gasteiger partial charge on any atom is 0.458 e. The number of halogens is 12. The average Bonchev–Trinajstić information content (AvgIpc) is 2.41. The van der Waals surface area contributed by atoms with E-state index in [2.05, 4.69) is 0 Å². The molecule has 8 nitrogen and oxygen atoms in total. The lowest BCUT2D eigenvalue weighted by atomic mass is 10.2. The van der Waals surface area contributed by atoms with Gasteiger partial charge in [-0.15, -0.1) is 0 Å². The van der Waals surface area contributed by atoms with Crippen LogP contribution in [-0.2, 0) is 20.2 Å². The zero-order chi connectivity index (χ0) is 27.6. The van der Waals surface area contributed by atoms with Crippen LogP contribution in [0, 0.1) is 0 Å². The third kappa shape index (κ3) is 8.04. The van der Waals surface area contributed by atoms with Crippen molar-refractivity contribution < 1.29 is 88.8 Å². The van der Waals surface area contributed by atoms with Gasteiger partial charge in [0.2, 0.25) is 0 Å². The van der Waals surface area contributed by atoms with Crippen LogP contribution in [0.25, 0.3) is 0 Å². The third-order valence-corrected chi connectivity index (χ3v) is 5.25. The van der Waals surface area contributed by atoms with E-state index in [0.717, 1.165) is 0 Å². The molecule has 22 heteroatoms. The smallest absolute Gasteiger partial charge is 0.368 e. The number of hydrogen-bond donors (Lipinski definition) is 4. The lowest BCUT2D eigenvalue weighted by Gasteiger charge is -2.28. The quantitative estimate of drug-likeness (QED) is 0.236. The second-order valence-electron chi connectivity index (χ2n) is 5.56. The second-order valence-corrected chi connectivity index (χ2v) is 8.99. The van der Waals surface area contributed by atoms with E-state index in [9.17, 15) is 69.5 Å². The highest BCUT2D eigenvalue weighted by molar-refractivity contribution is 7.87. The van der Waals surface area contributed by atoms with E-state index in [1.165, 1.54) is 6.92 Å². The van der Waals surface area contributed by atoms with Crippen molar-refractivity contribution in [2.24, 2.45) is 0 Å². The van der Waals surface area contributed by atoms with Crippen molar-refractivity contribution in [3.8, 4) is 0 Å². The van der Waals surface area contributed by atoms with Gasteiger partial charge in [0, 0.05) is 0 Å². The maximum atomic E-state index is 12.6. The molecule has 0 aliphatic carbocycles. The molecule has 0 bridgehead atoms. The maximum absolute atomic E-state index is 12.6. The van der Waals surface area contributed by atoms with E-state index in [1.54, 1.807) is 0 Å². The number of rotatable bonds is 4. The van der Waals surface area contributed by atoms with E-state index in [4.69, 9.17) is 19.3 Å². The monoisotopic (exact) mass is 554 g/mol. The van der Waals surface area contributed by atoms with Crippen molar-refractivity contribution in [1.82, 2.24) is 0 Å². The van der Waals surface area contributed by atoms with Gasteiger partial charge in [0.1, 0.15) is 6.29 Å². The molecule has 0 aliphatic rings. The fraction of sp³-hybridized carbons (Fsp3) is 1.00. The minimum absolute atomic E-state index is 0.574. The lowest BCUT2D eigenvalue weighted by Crippen LogP contribution is -2.56. The highest BCUT2D eigenvalue weighted by atomic mass is 32.2. The zero-order valence-electron chi connectivity index (χ0n) is 15.4. The van der Waals surface area contributed by atoms with Crippen molar-refractivity contribution in [3.63, 3.8) is 0 Å². The molecule has 0 aliphatic heterocycles. The molecule has 2 unspecified atom stereocenters. The molecule has 0 aromatic carbocycles.